The summed E-state index contributed by atoms with van der Waals surface area (Å²) in [5.74, 6) is 1.60. The molecule has 0 saturated carbocycles. The van der Waals surface area contributed by atoms with E-state index in [1.807, 2.05) is 53.3 Å². The van der Waals surface area contributed by atoms with Crippen LogP contribution in [-0.2, 0) is 29.0 Å². The summed E-state index contributed by atoms with van der Waals surface area (Å²) in [6.07, 6.45) is 5.69. The number of aryl methyl sites for hydroxylation is 2. The Kier molecular flexibility index (Phi) is 9.79. The fourth-order valence-electron chi connectivity index (χ4n) is 5.69. The van der Waals surface area contributed by atoms with E-state index in [1.165, 1.54) is 7.11 Å². The highest BCUT2D eigenvalue weighted by Crippen LogP contribution is 2.50. The van der Waals surface area contributed by atoms with Gasteiger partial charge in [-0.3, -0.25) is 9.59 Å². The van der Waals surface area contributed by atoms with Crippen molar-refractivity contribution in [1.29, 1.82) is 0 Å². The molecule has 1 aliphatic rings. The first-order valence-corrected chi connectivity index (χ1v) is 14.6. The van der Waals surface area contributed by atoms with Crippen molar-refractivity contribution in [2.45, 2.75) is 51.2 Å². The van der Waals surface area contributed by atoms with E-state index in [1.54, 1.807) is 33.5 Å². The zero-order chi connectivity index (χ0) is 31.1. The second kappa shape index (κ2) is 14.1. The molecule has 1 aliphatic carbocycles. The molecule has 0 N–H and O–H groups in total. The van der Waals surface area contributed by atoms with Gasteiger partial charge in [-0.15, -0.1) is 5.10 Å². The highest BCUT2D eigenvalue weighted by atomic mass is 16.5. The predicted octanol–water partition coefficient (Wildman–Crippen LogP) is 5.33. The number of fused-ring (bicyclic) bond motifs is 3. The third-order valence-electron chi connectivity index (χ3n) is 7.87. The smallest absolute Gasteiger partial charge is 0.306 e. The Balaban J connectivity index is 1.37. The highest BCUT2D eigenvalue weighted by Gasteiger charge is 2.30. The maximum atomic E-state index is 13.2. The molecule has 0 aliphatic heterocycles. The Bertz CT molecular complexity index is 1670. The molecule has 0 fully saturated rings. The molecule has 1 atom stereocenters. The summed E-state index contributed by atoms with van der Waals surface area (Å²) in [6, 6.07) is 16.5. The third kappa shape index (κ3) is 6.54. The molecule has 10 heteroatoms. The van der Waals surface area contributed by atoms with E-state index in [4.69, 9.17) is 23.7 Å². The quantitative estimate of drug-likeness (QED) is 0.158. The van der Waals surface area contributed by atoms with Crippen molar-refractivity contribution in [3.05, 3.63) is 93.4 Å². The first-order chi connectivity index (χ1) is 21.5. The van der Waals surface area contributed by atoms with Crippen molar-refractivity contribution in [1.82, 2.24) is 15.0 Å². The monoisotopic (exact) mass is 599 g/mol. The van der Waals surface area contributed by atoms with Crippen LogP contribution in [0.1, 0.15) is 54.1 Å². The second-order valence-corrected chi connectivity index (χ2v) is 10.6. The number of carbonyl (C=O) groups is 1. The summed E-state index contributed by atoms with van der Waals surface area (Å²) in [5, 5.41) is 8.91. The molecule has 0 bridgehead atoms. The van der Waals surface area contributed by atoms with Crippen LogP contribution in [0, 0.1) is 0 Å². The van der Waals surface area contributed by atoms with Gasteiger partial charge in [0.1, 0.15) is 6.61 Å². The molecule has 10 nitrogen and oxygen atoms in total. The maximum Gasteiger partial charge on any atom is 0.306 e. The predicted molar refractivity (Wildman–Crippen MR) is 165 cm³/mol. The topological polar surface area (TPSA) is 111 Å². The Labute approximate surface area is 256 Å². The minimum absolute atomic E-state index is 0.215. The van der Waals surface area contributed by atoms with Crippen LogP contribution in [-0.4, -0.2) is 49.4 Å². The summed E-state index contributed by atoms with van der Waals surface area (Å²) in [6.45, 7) is 0.279. The van der Waals surface area contributed by atoms with Gasteiger partial charge in [-0.1, -0.05) is 41.6 Å². The van der Waals surface area contributed by atoms with Crippen LogP contribution in [0.25, 0.3) is 11.1 Å². The fourth-order valence-corrected chi connectivity index (χ4v) is 5.69. The zero-order valence-corrected chi connectivity index (χ0v) is 25.5. The van der Waals surface area contributed by atoms with Crippen LogP contribution in [0.2, 0.25) is 0 Å². The molecular formula is C34H37N3O7. The minimum Gasteiger partial charge on any atom is -0.493 e. The largest absolute Gasteiger partial charge is 0.493 e. The molecule has 1 aromatic heterocycles. The number of aromatic nitrogens is 3. The number of unbranched alkanes of at least 4 members (excludes halogenated alkanes) is 1. The SMILES string of the molecule is COc1cc2c(c(OC)c1OC)-c1ccc(OC)c(=O)cc1[C@@H](n1cc(CCCCC(=O)OCc3ccccc3)nn1)CC2. The molecule has 230 valence electrons. The normalized spacial score (nSPS) is 13.7. The van der Waals surface area contributed by atoms with Crippen molar-refractivity contribution < 1.29 is 28.5 Å². The summed E-state index contributed by atoms with van der Waals surface area (Å²) in [7, 11) is 6.24. The molecule has 4 aromatic rings. The van der Waals surface area contributed by atoms with Crippen LogP contribution in [0.4, 0.5) is 0 Å². The lowest BCUT2D eigenvalue weighted by molar-refractivity contribution is -0.145. The summed E-state index contributed by atoms with van der Waals surface area (Å²) < 4.78 is 29.8. The lowest BCUT2D eigenvalue weighted by atomic mass is 9.95. The van der Waals surface area contributed by atoms with E-state index in [0.29, 0.717) is 49.4 Å². The van der Waals surface area contributed by atoms with Crippen molar-refractivity contribution in [2.24, 2.45) is 0 Å². The van der Waals surface area contributed by atoms with E-state index in [0.717, 1.165) is 39.9 Å². The van der Waals surface area contributed by atoms with Crippen LogP contribution in [0.3, 0.4) is 0 Å². The Morgan fingerprint density at radius 2 is 1.68 bits per heavy atom. The highest BCUT2D eigenvalue weighted by molar-refractivity contribution is 5.82. The number of carbonyl (C=O) groups excluding carboxylic acids is 1. The molecule has 44 heavy (non-hydrogen) atoms. The molecule has 0 spiro atoms. The van der Waals surface area contributed by atoms with E-state index in [9.17, 15) is 9.59 Å². The van der Waals surface area contributed by atoms with E-state index >= 15 is 0 Å². The maximum absolute atomic E-state index is 13.2. The Hall–Kier alpha value is -4.86. The lowest BCUT2D eigenvalue weighted by Gasteiger charge is -2.19. The number of methoxy groups -OCH3 is 4. The third-order valence-corrected chi connectivity index (χ3v) is 7.87. The van der Waals surface area contributed by atoms with Gasteiger partial charge in [0.15, 0.2) is 17.2 Å². The van der Waals surface area contributed by atoms with Gasteiger partial charge < -0.3 is 23.7 Å². The first-order valence-electron chi connectivity index (χ1n) is 14.6. The molecular weight excluding hydrogens is 562 g/mol. The standard InChI is InChI=1S/C34H37N3O7/c1-40-29-17-15-25-26(19-28(29)38)27(16-14-23-18-30(41-2)33(42-3)34(43-4)32(23)25)37-20-24(35-36-37)12-8-9-13-31(39)44-21-22-10-6-5-7-11-22/h5-7,10-11,15,17-20,27H,8-9,12-14,16,21H2,1-4H3/t27-/m0/s1. The van der Waals surface area contributed by atoms with Crippen molar-refractivity contribution in [2.75, 3.05) is 28.4 Å². The number of nitrogens with zero attached hydrogens (tertiary/aromatic N) is 3. The number of esters is 1. The minimum atomic E-state index is -0.280. The molecule has 1 heterocycles. The first kappa shape index (κ1) is 30.6. The van der Waals surface area contributed by atoms with Crippen LogP contribution in [0.15, 0.2) is 65.6 Å². The summed E-state index contributed by atoms with van der Waals surface area (Å²) in [5.41, 5.74) is 4.97. The van der Waals surface area contributed by atoms with Gasteiger partial charge >= 0.3 is 5.97 Å². The van der Waals surface area contributed by atoms with Gasteiger partial charge in [-0.05, 0) is 72.6 Å². The van der Waals surface area contributed by atoms with Gasteiger partial charge in [0.25, 0.3) is 0 Å². The molecule has 5 rings (SSSR count). The van der Waals surface area contributed by atoms with Crippen LogP contribution in [0.5, 0.6) is 23.0 Å². The van der Waals surface area contributed by atoms with E-state index in [2.05, 4.69) is 10.3 Å². The van der Waals surface area contributed by atoms with Crippen molar-refractivity contribution in [3.63, 3.8) is 0 Å². The average molecular weight is 600 g/mol. The van der Waals surface area contributed by atoms with Crippen molar-refractivity contribution in [3.8, 4) is 34.1 Å². The van der Waals surface area contributed by atoms with Crippen LogP contribution < -0.4 is 24.4 Å². The molecule has 0 amide bonds. The van der Waals surface area contributed by atoms with Gasteiger partial charge in [0, 0.05) is 18.2 Å². The molecule has 0 radical (unpaired) electrons. The van der Waals surface area contributed by atoms with Gasteiger partial charge in [-0.2, -0.15) is 0 Å². The summed E-state index contributed by atoms with van der Waals surface area (Å²) in [4.78, 5) is 25.4. The van der Waals surface area contributed by atoms with Gasteiger partial charge in [-0.25, -0.2) is 4.68 Å². The Morgan fingerprint density at radius 1 is 0.909 bits per heavy atom. The van der Waals surface area contributed by atoms with Crippen molar-refractivity contribution >= 4 is 5.97 Å². The Morgan fingerprint density at radius 3 is 2.41 bits per heavy atom. The number of benzene rings is 2. The zero-order valence-electron chi connectivity index (χ0n) is 25.5. The number of hydrogen-bond donors (Lipinski definition) is 0. The van der Waals surface area contributed by atoms with Crippen LogP contribution >= 0.6 is 0 Å². The number of hydrogen-bond acceptors (Lipinski definition) is 9. The fraction of sp³-hybridized carbons (Fsp3) is 0.353. The lowest BCUT2D eigenvalue weighted by Crippen LogP contribution is -2.13. The van der Waals surface area contributed by atoms with Gasteiger partial charge in [0.2, 0.25) is 11.2 Å². The molecule has 3 aromatic carbocycles. The number of ether oxygens (including phenoxy) is 5. The van der Waals surface area contributed by atoms with E-state index in [-0.39, 0.29) is 29.8 Å². The average Bonchev–Trinajstić information content (AvgIpc) is 3.38. The summed E-state index contributed by atoms with van der Waals surface area (Å²) >= 11 is 0. The molecule has 0 unspecified atom stereocenters. The van der Waals surface area contributed by atoms with Gasteiger partial charge in [0.05, 0.1) is 40.2 Å². The van der Waals surface area contributed by atoms with E-state index < -0.39 is 0 Å². The number of rotatable bonds is 12. The second-order valence-electron chi connectivity index (χ2n) is 10.6. The molecule has 0 saturated heterocycles.